The fourth-order valence-corrected chi connectivity index (χ4v) is 4.99. The van der Waals surface area contributed by atoms with E-state index in [1.54, 1.807) is 7.11 Å². The average Bonchev–Trinajstić information content (AvgIpc) is 3.60. The van der Waals surface area contributed by atoms with E-state index in [0.717, 1.165) is 71.2 Å². The third-order valence-corrected chi connectivity index (χ3v) is 6.91. The molecule has 3 N–H and O–H groups in total. The molecule has 0 bridgehead atoms. The first-order valence-corrected chi connectivity index (χ1v) is 11.9. The van der Waals surface area contributed by atoms with E-state index in [1.807, 2.05) is 54.9 Å². The van der Waals surface area contributed by atoms with Crippen molar-refractivity contribution in [1.29, 1.82) is 0 Å². The van der Waals surface area contributed by atoms with Gasteiger partial charge >= 0.3 is 0 Å². The van der Waals surface area contributed by atoms with Crippen LogP contribution in [0.3, 0.4) is 0 Å². The molecule has 0 amide bonds. The molecule has 5 aromatic rings. The number of imidazole rings is 1. The zero-order chi connectivity index (χ0) is 23.7. The fourth-order valence-electron chi connectivity index (χ4n) is 4.99. The van der Waals surface area contributed by atoms with Crippen LogP contribution in [0.2, 0.25) is 0 Å². The van der Waals surface area contributed by atoms with Crippen LogP contribution in [-0.4, -0.2) is 40.4 Å². The Morgan fingerprint density at radius 2 is 1.66 bits per heavy atom. The zero-order valence-corrected chi connectivity index (χ0v) is 19.5. The lowest BCUT2D eigenvalue weighted by atomic mass is 9.72. The second-order valence-electron chi connectivity index (χ2n) is 8.94. The summed E-state index contributed by atoms with van der Waals surface area (Å²) in [5, 5.41) is 10.5. The van der Waals surface area contributed by atoms with Gasteiger partial charge in [-0.1, -0.05) is 30.3 Å². The molecule has 7 heteroatoms. The van der Waals surface area contributed by atoms with Gasteiger partial charge in [0.1, 0.15) is 23.1 Å². The normalized spacial score (nSPS) is 15.2. The van der Waals surface area contributed by atoms with Gasteiger partial charge in [0.15, 0.2) is 0 Å². The summed E-state index contributed by atoms with van der Waals surface area (Å²) < 4.78 is 11.4. The van der Waals surface area contributed by atoms with Crippen molar-refractivity contribution in [3.8, 4) is 28.4 Å². The molecule has 0 spiro atoms. The number of hydrogen-bond acceptors (Lipinski definition) is 5. The number of hydrogen-bond donors (Lipinski definition) is 3. The molecular weight excluding hydrogens is 438 g/mol. The van der Waals surface area contributed by atoms with Gasteiger partial charge in [-0.2, -0.15) is 5.10 Å². The average molecular weight is 466 g/mol. The number of fused-ring (bicyclic) bond motifs is 1. The maximum absolute atomic E-state index is 6.10. The van der Waals surface area contributed by atoms with Gasteiger partial charge < -0.3 is 19.8 Å². The quantitative estimate of drug-likeness (QED) is 0.312. The highest BCUT2D eigenvalue weighted by Crippen LogP contribution is 2.40. The molecule has 3 aromatic carbocycles. The molecule has 1 saturated heterocycles. The first-order chi connectivity index (χ1) is 17.2. The molecule has 1 fully saturated rings. The number of nitrogens with zero attached hydrogens (tertiary/aromatic N) is 2. The summed E-state index contributed by atoms with van der Waals surface area (Å²) in [6.45, 7) is 1.90. The van der Waals surface area contributed by atoms with Crippen molar-refractivity contribution >= 4 is 11.0 Å². The second kappa shape index (κ2) is 8.92. The fraction of sp³-hybridized carbons (Fsp3) is 0.214. The van der Waals surface area contributed by atoms with Crippen LogP contribution in [0, 0.1) is 0 Å². The molecule has 0 saturated carbocycles. The Morgan fingerprint density at radius 1 is 0.857 bits per heavy atom. The number of rotatable bonds is 6. The van der Waals surface area contributed by atoms with E-state index in [0.29, 0.717) is 0 Å². The highest BCUT2D eigenvalue weighted by molar-refractivity contribution is 5.77. The third-order valence-electron chi connectivity index (χ3n) is 6.91. The van der Waals surface area contributed by atoms with E-state index in [9.17, 15) is 0 Å². The number of aromatic nitrogens is 4. The van der Waals surface area contributed by atoms with Crippen molar-refractivity contribution in [2.24, 2.45) is 0 Å². The maximum Gasteiger partial charge on any atom is 0.131 e. The molecule has 7 nitrogen and oxygen atoms in total. The van der Waals surface area contributed by atoms with E-state index in [2.05, 4.69) is 44.8 Å². The van der Waals surface area contributed by atoms with Crippen LogP contribution in [0.25, 0.3) is 22.2 Å². The zero-order valence-electron chi connectivity index (χ0n) is 19.5. The molecule has 0 aliphatic carbocycles. The van der Waals surface area contributed by atoms with E-state index in [-0.39, 0.29) is 5.41 Å². The van der Waals surface area contributed by atoms with Crippen LogP contribution in [0.1, 0.15) is 24.2 Å². The van der Waals surface area contributed by atoms with Gasteiger partial charge in [-0.25, -0.2) is 4.98 Å². The van der Waals surface area contributed by atoms with Crippen molar-refractivity contribution in [2.45, 2.75) is 18.3 Å². The van der Waals surface area contributed by atoms with Crippen LogP contribution in [0.4, 0.5) is 0 Å². The van der Waals surface area contributed by atoms with E-state index in [4.69, 9.17) is 14.5 Å². The number of piperidine rings is 1. The Bertz CT molecular complexity index is 1430. The largest absolute Gasteiger partial charge is 0.497 e. The topological polar surface area (TPSA) is 87.8 Å². The summed E-state index contributed by atoms with van der Waals surface area (Å²) in [5.41, 5.74) is 5.24. The van der Waals surface area contributed by atoms with Crippen molar-refractivity contribution in [3.05, 3.63) is 90.5 Å². The molecule has 0 radical (unpaired) electrons. The lowest BCUT2D eigenvalue weighted by Crippen LogP contribution is -2.41. The van der Waals surface area contributed by atoms with Gasteiger partial charge in [-0.3, -0.25) is 5.10 Å². The number of H-pyrrole nitrogens is 2. The SMILES string of the molecule is COc1cccc(Oc2ccc3nc(C4(c5ccc(-c6cn[nH]c6)cc5)CCNCC4)[nH]c3c2)c1. The number of nitrogens with one attached hydrogen (secondary N) is 3. The Hall–Kier alpha value is -4.10. The van der Waals surface area contributed by atoms with Crippen molar-refractivity contribution in [2.75, 3.05) is 20.2 Å². The van der Waals surface area contributed by atoms with Crippen LogP contribution in [-0.2, 0) is 5.41 Å². The Balaban J connectivity index is 1.34. The lowest BCUT2D eigenvalue weighted by Gasteiger charge is -2.36. The minimum Gasteiger partial charge on any atom is -0.497 e. The maximum atomic E-state index is 6.10. The molecule has 3 heterocycles. The molecule has 2 aromatic heterocycles. The summed E-state index contributed by atoms with van der Waals surface area (Å²) in [5.74, 6) is 3.25. The first kappa shape index (κ1) is 21.4. The molecule has 1 aliphatic heterocycles. The molecule has 0 unspecified atom stereocenters. The highest BCUT2D eigenvalue weighted by Gasteiger charge is 2.38. The molecule has 35 heavy (non-hydrogen) atoms. The summed E-state index contributed by atoms with van der Waals surface area (Å²) in [6.07, 6.45) is 5.72. The minimum absolute atomic E-state index is 0.174. The Kier molecular flexibility index (Phi) is 5.47. The molecular formula is C28H27N5O2. The van der Waals surface area contributed by atoms with E-state index < -0.39 is 0 Å². The van der Waals surface area contributed by atoms with Gasteiger partial charge in [0, 0.05) is 23.9 Å². The summed E-state index contributed by atoms with van der Waals surface area (Å²) >= 11 is 0. The van der Waals surface area contributed by atoms with Crippen LogP contribution >= 0.6 is 0 Å². The minimum atomic E-state index is -0.174. The van der Waals surface area contributed by atoms with Gasteiger partial charge in [0.2, 0.25) is 0 Å². The van der Waals surface area contributed by atoms with Gasteiger partial charge in [0.25, 0.3) is 0 Å². The van der Waals surface area contributed by atoms with Crippen molar-refractivity contribution < 1.29 is 9.47 Å². The Labute approximate surface area is 203 Å². The summed E-state index contributed by atoms with van der Waals surface area (Å²) in [4.78, 5) is 8.70. The first-order valence-electron chi connectivity index (χ1n) is 11.9. The number of ether oxygens (including phenoxy) is 2. The molecule has 176 valence electrons. The molecule has 1 aliphatic rings. The third kappa shape index (κ3) is 4.04. The van der Waals surface area contributed by atoms with Gasteiger partial charge in [-0.15, -0.1) is 0 Å². The van der Waals surface area contributed by atoms with E-state index in [1.165, 1.54) is 5.56 Å². The van der Waals surface area contributed by atoms with Crippen LogP contribution in [0.15, 0.2) is 79.1 Å². The van der Waals surface area contributed by atoms with Gasteiger partial charge in [0.05, 0.1) is 29.8 Å². The highest BCUT2D eigenvalue weighted by atomic mass is 16.5. The van der Waals surface area contributed by atoms with Crippen LogP contribution < -0.4 is 14.8 Å². The predicted molar refractivity (Wildman–Crippen MR) is 136 cm³/mol. The molecule has 0 atom stereocenters. The van der Waals surface area contributed by atoms with Crippen LogP contribution in [0.5, 0.6) is 17.2 Å². The molecule has 6 rings (SSSR count). The smallest absolute Gasteiger partial charge is 0.131 e. The monoisotopic (exact) mass is 465 g/mol. The number of benzene rings is 3. The lowest BCUT2D eigenvalue weighted by molar-refractivity contribution is 0.348. The Morgan fingerprint density at radius 3 is 2.43 bits per heavy atom. The van der Waals surface area contributed by atoms with Crippen molar-refractivity contribution in [3.63, 3.8) is 0 Å². The summed E-state index contributed by atoms with van der Waals surface area (Å²) in [7, 11) is 1.65. The summed E-state index contributed by atoms with van der Waals surface area (Å²) in [6, 6.07) is 22.4. The number of aromatic amines is 2. The second-order valence-corrected chi connectivity index (χ2v) is 8.94. The van der Waals surface area contributed by atoms with Gasteiger partial charge in [-0.05, 0) is 61.3 Å². The standard InChI is InChI=1S/C28H27N5O2/c1-34-22-3-2-4-23(15-22)35-24-9-10-25-26(16-24)33-27(32-25)28(11-13-29-14-12-28)21-7-5-19(6-8-21)20-17-30-31-18-20/h2-10,15-18,29H,11-14H2,1H3,(H,30,31)(H,32,33). The van der Waals surface area contributed by atoms with Crippen molar-refractivity contribution in [1.82, 2.24) is 25.5 Å². The van der Waals surface area contributed by atoms with E-state index >= 15 is 0 Å². The number of methoxy groups -OCH3 is 1. The predicted octanol–water partition coefficient (Wildman–Crippen LogP) is 5.42.